The van der Waals surface area contributed by atoms with E-state index in [0.29, 0.717) is 22.1 Å². The van der Waals surface area contributed by atoms with Gasteiger partial charge in [0.1, 0.15) is 23.1 Å². The average molecular weight is 429 g/mol. The van der Waals surface area contributed by atoms with Crippen LogP contribution >= 0.6 is 11.6 Å². The number of nitrogens with zero attached hydrogens (tertiary/aromatic N) is 1. The van der Waals surface area contributed by atoms with Gasteiger partial charge in [-0.25, -0.2) is 0 Å². The quantitative estimate of drug-likeness (QED) is 0.399. The van der Waals surface area contributed by atoms with Gasteiger partial charge in [-0.15, -0.1) is 0 Å². The van der Waals surface area contributed by atoms with Crippen molar-refractivity contribution >= 4 is 23.4 Å². The lowest BCUT2D eigenvalue weighted by Gasteiger charge is -2.08. The van der Waals surface area contributed by atoms with Crippen LogP contribution in [0.15, 0.2) is 83.3 Å². The van der Waals surface area contributed by atoms with Crippen LogP contribution < -0.4 is 10.1 Å². The van der Waals surface area contributed by atoms with E-state index in [1.807, 2.05) is 60.7 Å². The number of benzene rings is 3. The molecule has 0 saturated heterocycles. The molecule has 0 saturated carbocycles. The third-order valence-corrected chi connectivity index (χ3v) is 4.99. The van der Waals surface area contributed by atoms with E-state index in [2.05, 4.69) is 11.4 Å². The van der Waals surface area contributed by atoms with E-state index in [1.165, 1.54) is 13.2 Å². The molecule has 6 heteroatoms. The number of methoxy groups -OCH3 is 1. The Hall–Kier alpha value is -4.01. The van der Waals surface area contributed by atoms with Gasteiger partial charge >= 0.3 is 0 Å². The van der Waals surface area contributed by atoms with E-state index in [0.717, 1.165) is 11.1 Å². The van der Waals surface area contributed by atoms with Crippen LogP contribution in [-0.2, 0) is 0 Å². The van der Waals surface area contributed by atoms with Gasteiger partial charge < -0.3 is 9.15 Å². The number of ether oxygens (including phenoxy) is 1. The van der Waals surface area contributed by atoms with E-state index in [9.17, 15) is 10.1 Å². The van der Waals surface area contributed by atoms with E-state index < -0.39 is 5.91 Å². The van der Waals surface area contributed by atoms with Crippen LogP contribution in [0.1, 0.15) is 15.9 Å². The number of halogens is 1. The number of anilines is 1. The molecule has 1 amide bonds. The predicted octanol–water partition coefficient (Wildman–Crippen LogP) is 6.40. The maximum atomic E-state index is 13.0. The lowest BCUT2D eigenvalue weighted by Crippen LogP contribution is -2.13. The van der Waals surface area contributed by atoms with Crippen molar-refractivity contribution in [1.29, 1.82) is 5.26 Å². The summed E-state index contributed by atoms with van der Waals surface area (Å²) >= 11 is 6.06. The van der Waals surface area contributed by atoms with Crippen molar-refractivity contribution in [3.8, 4) is 34.3 Å². The summed E-state index contributed by atoms with van der Waals surface area (Å²) in [5.41, 5.74) is 2.68. The van der Waals surface area contributed by atoms with E-state index >= 15 is 0 Å². The molecule has 0 bridgehead atoms. The van der Waals surface area contributed by atoms with Crippen LogP contribution in [-0.4, -0.2) is 13.0 Å². The molecule has 4 aromatic rings. The van der Waals surface area contributed by atoms with Crippen LogP contribution in [0, 0.1) is 11.3 Å². The van der Waals surface area contributed by atoms with Crippen molar-refractivity contribution in [3.63, 3.8) is 0 Å². The molecule has 0 aliphatic carbocycles. The zero-order valence-electron chi connectivity index (χ0n) is 16.6. The van der Waals surface area contributed by atoms with Crippen molar-refractivity contribution in [1.82, 2.24) is 0 Å². The Labute approximate surface area is 184 Å². The summed E-state index contributed by atoms with van der Waals surface area (Å²) in [5.74, 6) is 0.422. The molecular formula is C25H17ClN2O3. The van der Waals surface area contributed by atoms with Crippen molar-refractivity contribution < 1.29 is 13.9 Å². The molecule has 0 aliphatic rings. The summed E-state index contributed by atoms with van der Waals surface area (Å²) in [6.07, 6.45) is 0. The second-order valence-corrected chi connectivity index (χ2v) is 7.09. The number of rotatable bonds is 5. The molecule has 1 heterocycles. The number of carbonyl (C=O) groups excluding carboxylic acids is 1. The third kappa shape index (κ3) is 4.02. The van der Waals surface area contributed by atoms with Crippen molar-refractivity contribution in [2.75, 3.05) is 12.4 Å². The van der Waals surface area contributed by atoms with Crippen LogP contribution in [0.5, 0.6) is 5.75 Å². The first kappa shape index (κ1) is 20.3. The Balaban J connectivity index is 1.84. The molecule has 5 nitrogen and oxygen atoms in total. The zero-order valence-corrected chi connectivity index (χ0v) is 17.3. The first-order chi connectivity index (χ1) is 15.1. The molecule has 0 unspecified atom stereocenters. The molecule has 0 radical (unpaired) electrons. The molecule has 1 N–H and O–H groups in total. The van der Waals surface area contributed by atoms with Gasteiger partial charge in [0.2, 0.25) is 5.88 Å². The van der Waals surface area contributed by atoms with Crippen molar-refractivity contribution in [3.05, 3.63) is 95.0 Å². The standard InChI is InChI=1S/C25H17ClN2O3/c1-30-21-13-12-18(26)14-19(21)24(29)28-25-20(15-27)22(16-8-4-2-5-9-16)23(31-25)17-10-6-3-7-11-17/h2-14H,1H3,(H,28,29). The molecule has 4 rings (SSSR count). The molecule has 152 valence electrons. The normalized spacial score (nSPS) is 10.4. The Kier molecular flexibility index (Phi) is 5.74. The molecular weight excluding hydrogens is 412 g/mol. The van der Waals surface area contributed by atoms with Gasteiger partial charge in [-0.3, -0.25) is 10.1 Å². The van der Waals surface area contributed by atoms with Crippen LogP contribution in [0.25, 0.3) is 22.5 Å². The number of furan rings is 1. The first-order valence-corrected chi connectivity index (χ1v) is 9.82. The Morgan fingerprint density at radius 2 is 1.65 bits per heavy atom. The minimum atomic E-state index is -0.496. The number of hydrogen-bond donors (Lipinski definition) is 1. The number of nitrogens with one attached hydrogen (secondary N) is 1. The van der Waals surface area contributed by atoms with Gasteiger partial charge in [0.15, 0.2) is 0 Å². The number of nitriles is 1. The second-order valence-electron chi connectivity index (χ2n) is 6.65. The largest absolute Gasteiger partial charge is 0.496 e. The highest BCUT2D eigenvalue weighted by Gasteiger charge is 2.25. The minimum Gasteiger partial charge on any atom is -0.496 e. The number of amides is 1. The van der Waals surface area contributed by atoms with Gasteiger partial charge in [0.25, 0.3) is 5.91 Å². The Morgan fingerprint density at radius 3 is 2.26 bits per heavy atom. The molecule has 3 aromatic carbocycles. The SMILES string of the molecule is COc1ccc(Cl)cc1C(=O)Nc1oc(-c2ccccc2)c(-c2ccccc2)c1C#N. The summed E-state index contributed by atoms with van der Waals surface area (Å²) in [6, 6.07) is 25.8. The van der Waals surface area contributed by atoms with E-state index in [4.69, 9.17) is 20.8 Å². The highest BCUT2D eigenvalue weighted by Crippen LogP contribution is 2.41. The van der Waals surface area contributed by atoms with Crippen LogP contribution in [0.3, 0.4) is 0 Å². The average Bonchev–Trinajstić information content (AvgIpc) is 3.18. The Morgan fingerprint density at radius 1 is 1.00 bits per heavy atom. The molecule has 1 aromatic heterocycles. The first-order valence-electron chi connectivity index (χ1n) is 9.45. The summed E-state index contributed by atoms with van der Waals surface area (Å²) in [4.78, 5) is 13.0. The third-order valence-electron chi connectivity index (χ3n) is 4.75. The fraction of sp³-hybridized carbons (Fsp3) is 0.0400. The van der Waals surface area contributed by atoms with E-state index in [-0.39, 0.29) is 17.0 Å². The summed E-state index contributed by atoms with van der Waals surface area (Å²) < 4.78 is 11.3. The van der Waals surface area contributed by atoms with Crippen molar-refractivity contribution in [2.24, 2.45) is 0 Å². The molecule has 0 atom stereocenters. The van der Waals surface area contributed by atoms with Crippen LogP contribution in [0.4, 0.5) is 5.88 Å². The molecule has 31 heavy (non-hydrogen) atoms. The fourth-order valence-corrected chi connectivity index (χ4v) is 3.50. The van der Waals surface area contributed by atoms with Crippen molar-refractivity contribution in [2.45, 2.75) is 0 Å². The highest BCUT2D eigenvalue weighted by molar-refractivity contribution is 6.31. The number of carbonyl (C=O) groups is 1. The second kappa shape index (κ2) is 8.78. The van der Waals surface area contributed by atoms with Gasteiger partial charge in [-0.2, -0.15) is 5.26 Å². The Bertz CT molecular complexity index is 1280. The maximum Gasteiger partial charge on any atom is 0.261 e. The minimum absolute atomic E-state index is 0.0623. The predicted molar refractivity (Wildman–Crippen MR) is 120 cm³/mol. The molecule has 0 aliphatic heterocycles. The summed E-state index contributed by atoms with van der Waals surface area (Å²) in [7, 11) is 1.47. The molecule has 0 spiro atoms. The lowest BCUT2D eigenvalue weighted by atomic mass is 9.98. The summed E-state index contributed by atoms with van der Waals surface area (Å²) in [6.45, 7) is 0. The number of hydrogen-bond acceptors (Lipinski definition) is 4. The summed E-state index contributed by atoms with van der Waals surface area (Å²) in [5, 5.41) is 13.0. The van der Waals surface area contributed by atoms with Gasteiger partial charge in [0.05, 0.1) is 12.7 Å². The fourth-order valence-electron chi connectivity index (χ4n) is 3.33. The van der Waals surface area contributed by atoms with Gasteiger partial charge in [0, 0.05) is 16.1 Å². The maximum absolute atomic E-state index is 13.0. The smallest absolute Gasteiger partial charge is 0.261 e. The van der Waals surface area contributed by atoms with Gasteiger partial charge in [-0.1, -0.05) is 72.3 Å². The topological polar surface area (TPSA) is 75.3 Å². The lowest BCUT2D eigenvalue weighted by molar-refractivity contribution is 0.102. The zero-order chi connectivity index (χ0) is 21.8. The highest BCUT2D eigenvalue weighted by atomic mass is 35.5. The van der Waals surface area contributed by atoms with E-state index in [1.54, 1.807) is 12.1 Å². The van der Waals surface area contributed by atoms with Gasteiger partial charge in [-0.05, 0) is 23.8 Å². The van der Waals surface area contributed by atoms with Crippen LogP contribution in [0.2, 0.25) is 5.02 Å². The monoisotopic (exact) mass is 428 g/mol. The molecule has 0 fully saturated rings.